The molecule has 0 bridgehead atoms. The number of piperidine rings is 1. The van der Waals surface area contributed by atoms with Gasteiger partial charge >= 0.3 is 0 Å². The molecule has 0 aromatic carbocycles. The van der Waals surface area contributed by atoms with E-state index in [-0.39, 0.29) is 5.15 Å². The lowest BCUT2D eigenvalue weighted by atomic mass is 10.1. The Balaban J connectivity index is 1.41. The van der Waals surface area contributed by atoms with Crippen LogP contribution in [-0.2, 0) is 0 Å². The minimum Gasteiger partial charge on any atom is -0.451 e. The van der Waals surface area contributed by atoms with Crippen molar-refractivity contribution in [2.75, 3.05) is 30.3 Å². The topological polar surface area (TPSA) is 160 Å². The zero-order chi connectivity index (χ0) is 24.8. The molecule has 0 radical (unpaired) electrons. The SMILES string of the molecule is Nc1ccc(-c2nc(-c3cc4c(-c5cnn(C6CCNCC6)c5)cnc(N)c4o3)ccc2N)nc1Cl. The molecule has 10 nitrogen and oxygen atoms in total. The minimum absolute atomic E-state index is 0.191. The fourth-order valence-corrected chi connectivity index (χ4v) is 4.69. The molecule has 11 heteroatoms. The highest BCUT2D eigenvalue weighted by Crippen LogP contribution is 2.37. The predicted octanol–water partition coefficient (Wildman–Crippen LogP) is 4.14. The van der Waals surface area contributed by atoms with E-state index in [0.717, 1.165) is 42.4 Å². The van der Waals surface area contributed by atoms with E-state index in [4.69, 9.17) is 38.2 Å². The van der Waals surface area contributed by atoms with Gasteiger partial charge in [0.05, 0.1) is 29.3 Å². The van der Waals surface area contributed by atoms with Gasteiger partial charge < -0.3 is 26.9 Å². The van der Waals surface area contributed by atoms with Crippen molar-refractivity contribution >= 4 is 39.8 Å². The van der Waals surface area contributed by atoms with Crippen LogP contribution in [0.1, 0.15) is 18.9 Å². The second kappa shape index (κ2) is 8.81. The lowest BCUT2D eigenvalue weighted by Crippen LogP contribution is -2.29. The minimum atomic E-state index is 0.191. The van der Waals surface area contributed by atoms with Gasteiger partial charge in [-0.15, -0.1) is 0 Å². The van der Waals surface area contributed by atoms with E-state index in [1.165, 1.54) is 0 Å². The van der Waals surface area contributed by atoms with E-state index >= 15 is 0 Å². The lowest BCUT2D eigenvalue weighted by Gasteiger charge is -2.22. The number of nitrogens with two attached hydrogens (primary N) is 3. The molecule has 0 unspecified atom stereocenters. The maximum Gasteiger partial charge on any atom is 0.177 e. The normalized spacial score (nSPS) is 14.5. The summed E-state index contributed by atoms with van der Waals surface area (Å²) in [5.74, 6) is 0.827. The van der Waals surface area contributed by atoms with Crippen LogP contribution in [-0.4, -0.2) is 37.8 Å². The predicted molar refractivity (Wildman–Crippen MR) is 141 cm³/mol. The average molecular weight is 502 g/mol. The second-order valence-electron chi connectivity index (χ2n) is 8.81. The van der Waals surface area contributed by atoms with Gasteiger partial charge in [0.15, 0.2) is 22.3 Å². The number of furan rings is 1. The third kappa shape index (κ3) is 3.90. The first-order valence-corrected chi connectivity index (χ1v) is 12.0. The fourth-order valence-electron chi connectivity index (χ4n) is 4.54. The summed E-state index contributed by atoms with van der Waals surface area (Å²) in [6.45, 7) is 1.99. The maximum absolute atomic E-state index is 6.20. The number of nitrogen functional groups attached to an aromatic ring is 3. The molecular formula is C25H24ClN9O. The lowest BCUT2D eigenvalue weighted by molar-refractivity contribution is 0.343. The van der Waals surface area contributed by atoms with Crippen molar-refractivity contribution in [3.05, 3.63) is 54.1 Å². The zero-order valence-electron chi connectivity index (χ0n) is 19.3. The molecule has 6 rings (SSSR count). The van der Waals surface area contributed by atoms with Crippen LogP contribution in [0, 0.1) is 0 Å². The van der Waals surface area contributed by atoms with E-state index in [9.17, 15) is 0 Å². The quantitative estimate of drug-likeness (QED) is 0.265. The Morgan fingerprint density at radius 2 is 1.75 bits per heavy atom. The van der Waals surface area contributed by atoms with Crippen LogP contribution in [0.25, 0.3) is 44.9 Å². The van der Waals surface area contributed by atoms with Crippen LogP contribution in [0.2, 0.25) is 5.15 Å². The van der Waals surface area contributed by atoms with Gasteiger partial charge in [0.1, 0.15) is 11.4 Å². The number of hydrogen-bond donors (Lipinski definition) is 4. The molecule has 7 N–H and O–H groups in total. The smallest absolute Gasteiger partial charge is 0.177 e. The third-order valence-corrected chi connectivity index (χ3v) is 6.78. The van der Waals surface area contributed by atoms with Crippen LogP contribution in [0.3, 0.4) is 0 Å². The van der Waals surface area contributed by atoms with E-state index in [2.05, 4.69) is 26.6 Å². The Bertz CT molecular complexity index is 1590. The monoisotopic (exact) mass is 501 g/mol. The first-order chi connectivity index (χ1) is 17.5. The zero-order valence-corrected chi connectivity index (χ0v) is 20.0. The fraction of sp³-hybridized carbons (Fsp3) is 0.200. The molecular weight excluding hydrogens is 478 g/mol. The van der Waals surface area contributed by atoms with E-state index in [1.807, 2.05) is 16.9 Å². The van der Waals surface area contributed by atoms with Crippen molar-refractivity contribution in [3.8, 4) is 34.0 Å². The number of halogens is 1. The van der Waals surface area contributed by atoms with Gasteiger partial charge in [-0.1, -0.05) is 11.6 Å². The van der Waals surface area contributed by atoms with Crippen molar-refractivity contribution in [2.45, 2.75) is 18.9 Å². The van der Waals surface area contributed by atoms with E-state index in [1.54, 1.807) is 30.5 Å². The van der Waals surface area contributed by atoms with Crippen molar-refractivity contribution < 1.29 is 4.42 Å². The maximum atomic E-state index is 6.20. The summed E-state index contributed by atoms with van der Waals surface area (Å²) in [5, 5.41) is 9.03. The summed E-state index contributed by atoms with van der Waals surface area (Å²) >= 11 is 6.12. The van der Waals surface area contributed by atoms with Crippen LogP contribution in [0.4, 0.5) is 17.2 Å². The van der Waals surface area contributed by atoms with E-state index in [0.29, 0.717) is 51.7 Å². The molecule has 1 saturated heterocycles. The van der Waals surface area contributed by atoms with E-state index < -0.39 is 0 Å². The highest BCUT2D eigenvalue weighted by Gasteiger charge is 2.20. The molecule has 0 aliphatic carbocycles. The van der Waals surface area contributed by atoms with Gasteiger partial charge in [-0.05, 0) is 56.3 Å². The first kappa shape index (κ1) is 22.3. The number of rotatable bonds is 4. The van der Waals surface area contributed by atoms with Crippen molar-refractivity contribution in [3.63, 3.8) is 0 Å². The molecule has 5 aromatic rings. The third-order valence-electron chi connectivity index (χ3n) is 6.48. The number of anilines is 3. The number of fused-ring (bicyclic) bond motifs is 1. The summed E-state index contributed by atoms with van der Waals surface area (Å²) in [6, 6.07) is 9.22. The van der Waals surface area contributed by atoms with Gasteiger partial charge in [0.2, 0.25) is 0 Å². The summed E-state index contributed by atoms with van der Waals surface area (Å²) in [6.07, 6.45) is 7.77. The van der Waals surface area contributed by atoms with Crippen LogP contribution in [0.15, 0.2) is 53.3 Å². The standard InChI is InChI=1S/C25H24ClN9O/c26-24-18(28)2-4-20(34-24)22-17(27)1-3-19(33-22)21-9-15-16(11-31-25(29)23(15)36-21)13-10-32-35(12-13)14-5-7-30-8-6-14/h1-4,9-12,14,30H,5-8,27-28H2,(H2,29,31). The molecule has 6 heterocycles. The molecule has 0 saturated carbocycles. The number of aromatic nitrogens is 5. The summed E-state index contributed by atoms with van der Waals surface area (Å²) in [5.41, 5.74) is 22.9. The molecule has 0 atom stereocenters. The van der Waals surface area contributed by atoms with Gasteiger partial charge in [-0.2, -0.15) is 5.10 Å². The largest absolute Gasteiger partial charge is 0.451 e. The first-order valence-electron chi connectivity index (χ1n) is 11.6. The Labute approximate surface area is 211 Å². The van der Waals surface area contributed by atoms with Crippen molar-refractivity contribution in [1.29, 1.82) is 0 Å². The number of pyridine rings is 3. The second-order valence-corrected chi connectivity index (χ2v) is 9.17. The average Bonchev–Trinajstić information content (AvgIpc) is 3.56. The molecule has 182 valence electrons. The molecule has 1 fully saturated rings. The van der Waals surface area contributed by atoms with Gasteiger partial charge in [-0.3, -0.25) is 4.68 Å². The summed E-state index contributed by atoms with van der Waals surface area (Å²) < 4.78 is 8.19. The number of nitrogens with zero attached hydrogens (tertiary/aromatic N) is 5. The van der Waals surface area contributed by atoms with Crippen LogP contribution in [0.5, 0.6) is 0 Å². The van der Waals surface area contributed by atoms with Crippen LogP contribution >= 0.6 is 11.6 Å². The summed E-state index contributed by atoms with van der Waals surface area (Å²) in [4.78, 5) is 13.4. The van der Waals surface area contributed by atoms with Crippen molar-refractivity contribution in [1.82, 2.24) is 30.0 Å². The molecule has 1 aliphatic rings. The highest BCUT2D eigenvalue weighted by molar-refractivity contribution is 6.31. The number of hydrogen-bond acceptors (Lipinski definition) is 9. The van der Waals surface area contributed by atoms with Gasteiger partial charge in [0, 0.05) is 28.9 Å². The number of nitrogens with one attached hydrogen (secondary N) is 1. The Hall–Kier alpha value is -4.15. The molecule has 1 aliphatic heterocycles. The Kier molecular flexibility index (Phi) is 5.46. The molecule has 0 spiro atoms. The van der Waals surface area contributed by atoms with Crippen LogP contribution < -0.4 is 22.5 Å². The summed E-state index contributed by atoms with van der Waals surface area (Å²) in [7, 11) is 0. The molecule has 36 heavy (non-hydrogen) atoms. The Morgan fingerprint density at radius 1 is 0.972 bits per heavy atom. The van der Waals surface area contributed by atoms with Gasteiger partial charge in [0.25, 0.3) is 0 Å². The van der Waals surface area contributed by atoms with Gasteiger partial charge in [-0.25, -0.2) is 15.0 Å². The molecule has 5 aromatic heterocycles. The van der Waals surface area contributed by atoms with Crippen molar-refractivity contribution in [2.24, 2.45) is 0 Å². The highest BCUT2D eigenvalue weighted by atomic mass is 35.5. The molecule has 0 amide bonds. The Morgan fingerprint density at radius 3 is 2.56 bits per heavy atom.